The normalized spacial score (nSPS) is 14.1. The molecule has 0 spiro atoms. The number of halogens is 1. The summed E-state index contributed by atoms with van der Waals surface area (Å²) in [4.78, 5) is 0. The second kappa shape index (κ2) is 6.56. The monoisotopic (exact) mass is 265 g/mol. The Morgan fingerprint density at radius 2 is 2.14 bits per heavy atom. The van der Waals surface area contributed by atoms with E-state index in [1.54, 1.807) is 0 Å². The molecule has 0 aliphatic carbocycles. The molecule has 0 aliphatic rings. The third kappa shape index (κ3) is 10.2. The summed E-state index contributed by atoms with van der Waals surface area (Å²) in [7, 11) is 0. The lowest BCUT2D eigenvalue weighted by Gasteiger charge is -2.22. The van der Waals surface area contributed by atoms with E-state index in [1.807, 2.05) is 20.8 Å². The average molecular weight is 266 g/mol. The predicted molar refractivity (Wildman–Crippen MR) is 62.6 cm³/mol. The topological polar surface area (TPSA) is 41.5 Å². The van der Waals surface area contributed by atoms with Crippen molar-refractivity contribution >= 4 is 15.9 Å². The molecule has 0 radical (unpaired) electrons. The Hall–Kier alpha value is 0.1000. The molecule has 0 saturated heterocycles. The number of aliphatic hydroxyl groups is 1. The number of rotatable bonds is 6. The van der Waals surface area contributed by atoms with Crippen LogP contribution in [0, 0.1) is 0 Å². The van der Waals surface area contributed by atoms with E-state index in [0.29, 0.717) is 19.7 Å². The van der Waals surface area contributed by atoms with Gasteiger partial charge >= 0.3 is 0 Å². The Kier molecular flexibility index (Phi) is 6.61. The van der Waals surface area contributed by atoms with E-state index in [4.69, 9.17) is 4.74 Å². The summed E-state index contributed by atoms with van der Waals surface area (Å²) >= 11 is 3.23. The van der Waals surface area contributed by atoms with Crippen LogP contribution in [-0.4, -0.2) is 36.5 Å². The minimum atomic E-state index is -0.471. The molecule has 0 fully saturated rings. The minimum Gasteiger partial charge on any atom is -0.389 e. The number of nitrogens with one attached hydrogen (secondary N) is 1. The Labute approximate surface area is 94.7 Å². The fourth-order valence-electron chi connectivity index (χ4n) is 0.780. The molecule has 0 aliphatic heterocycles. The third-order valence-electron chi connectivity index (χ3n) is 1.41. The molecular formula is C10H20BrNO2. The maximum atomic E-state index is 9.49. The van der Waals surface area contributed by atoms with Gasteiger partial charge in [0.05, 0.1) is 18.3 Å². The van der Waals surface area contributed by atoms with Gasteiger partial charge in [0.15, 0.2) is 0 Å². The van der Waals surface area contributed by atoms with Gasteiger partial charge in [0, 0.05) is 17.6 Å². The van der Waals surface area contributed by atoms with Crippen LogP contribution in [0.1, 0.15) is 20.8 Å². The van der Waals surface area contributed by atoms with E-state index in [0.717, 1.165) is 4.48 Å². The highest BCUT2D eigenvalue weighted by atomic mass is 79.9. The zero-order valence-corrected chi connectivity index (χ0v) is 10.7. The van der Waals surface area contributed by atoms with Crippen molar-refractivity contribution in [2.24, 2.45) is 0 Å². The van der Waals surface area contributed by atoms with Crippen molar-refractivity contribution in [2.45, 2.75) is 32.5 Å². The Bertz CT molecular complexity index is 177. The van der Waals surface area contributed by atoms with Crippen LogP contribution in [0.2, 0.25) is 0 Å². The number of hydrogen-bond acceptors (Lipinski definition) is 3. The third-order valence-corrected chi connectivity index (χ3v) is 1.69. The van der Waals surface area contributed by atoms with Gasteiger partial charge in [-0.05, 0) is 20.8 Å². The number of ether oxygens (including phenoxy) is 1. The van der Waals surface area contributed by atoms with Crippen LogP contribution in [0.3, 0.4) is 0 Å². The molecule has 0 aromatic carbocycles. The van der Waals surface area contributed by atoms with Gasteiger partial charge in [-0.1, -0.05) is 22.5 Å². The van der Waals surface area contributed by atoms with Crippen molar-refractivity contribution < 1.29 is 9.84 Å². The molecule has 0 saturated carbocycles. The first-order chi connectivity index (χ1) is 6.31. The zero-order valence-electron chi connectivity index (χ0n) is 9.14. The molecule has 0 heterocycles. The highest BCUT2D eigenvalue weighted by Gasteiger charge is 2.13. The maximum Gasteiger partial charge on any atom is 0.0898 e. The summed E-state index contributed by atoms with van der Waals surface area (Å²) in [5.74, 6) is 0. The molecule has 1 atom stereocenters. The van der Waals surface area contributed by atoms with Gasteiger partial charge in [0.1, 0.15) is 0 Å². The average Bonchev–Trinajstić information content (AvgIpc) is 1.99. The van der Waals surface area contributed by atoms with Gasteiger partial charge in [0.2, 0.25) is 0 Å². The van der Waals surface area contributed by atoms with Crippen LogP contribution in [0.15, 0.2) is 11.1 Å². The largest absolute Gasteiger partial charge is 0.389 e. The maximum absolute atomic E-state index is 9.49. The molecule has 0 bridgehead atoms. The van der Waals surface area contributed by atoms with Crippen molar-refractivity contribution in [3.8, 4) is 0 Å². The summed E-state index contributed by atoms with van der Waals surface area (Å²) in [6, 6.07) is 0. The molecule has 4 heteroatoms. The first kappa shape index (κ1) is 14.1. The van der Waals surface area contributed by atoms with Crippen molar-refractivity contribution in [3.05, 3.63) is 11.1 Å². The number of hydrogen-bond donors (Lipinski definition) is 2. The molecule has 3 nitrogen and oxygen atoms in total. The van der Waals surface area contributed by atoms with E-state index in [-0.39, 0.29) is 5.60 Å². The first-order valence-corrected chi connectivity index (χ1v) is 5.46. The molecule has 1 unspecified atom stereocenters. The molecular weight excluding hydrogens is 246 g/mol. The Morgan fingerprint density at radius 1 is 1.57 bits per heavy atom. The van der Waals surface area contributed by atoms with Gasteiger partial charge < -0.3 is 15.2 Å². The standard InChI is InChI=1S/C10H20BrNO2/c1-8(11)5-12-6-9(13)7-14-10(2,3)4/h9,12-13H,1,5-7H2,2-4H3. The van der Waals surface area contributed by atoms with Crippen molar-refractivity contribution in [2.75, 3.05) is 19.7 Å². The Morgan fingerprint density at radius 3 is 2.57 bits per heavy atom. The quantitative estimate of drug-likeness (QED) is 0.768. The summed E-state index contributed by atoms with van der Waals surface area (Å²) in [5, 5.41) is 12.5. The fourth-order valence-corrected chi connectivity index (χ4v) is 0.978. The van der Waals surface area contributed by atoms with E-state index in [9.17, 15) is 5.11 Å². The summed E-state index contributed by atoms with van der Waals surface area (Å²) < 4.78 is 6.30. The van der Waals surface area contributed by atoms with Crippen LogP contribution < -0.4 is 5.32 Å². The highest BCUT2D eigenvalue weighted by Crippen LogP contribution is 2.06. The van der Waals surface area contributed by atoms with Gasteiger partial charge in [-0.3, -0.25) is 0 Å². The highest BCUT2D eigenvalue weighted by molar-refractivity contribution is 9.11. The Balaban J connectivity index is 3.46. The van der Waals surface area contributed by atoms with E-state index >= 15 is 0 Å². The van der Waals surface area contributed by atoms with E-state index in [2.05, 4.69) is 27.8 Å². The molecule has 84 valence electrons. The molecule has 0 rings (SSSR count). The molecule has 0 aromatic heterocycles. The van der Waals surface area contributed by atoms with Crippen molar-refractivity contribution in [1.82, 2.24) is 5.32 Å². The molecule has 2 N–H and O–H groups in total. The second-order valence-corrected chi connectivity index (χ2v) is 5.35. The van der Waals surface area contributed by atoms with Gasteiger partial charge in [0.25, 0.3) is 0 Å². The van der Waals surface area contributed by atoms with Gasteiger partial charge in [-0.2, -0.15) is 0 Å². The fraction of sp³-hybridized carbons (Fsp3) is 0.800. The zero-order chi connectivity index (χ0) is 11.2. The molecule has 0 amide bonds. The molecule has 0 aromatic rings. The van der Waals surface area contributed by atoms with Gasteiger partial charge in [-0.25, -0.2) is 0 Å². The van der Waals surface area contributed by atoms with Crippen LogP contribution in [0.4, 0.5) is 0 Å². The lowest BCUT2D eigenvalue weighted by molar-refractivity contribution is -0.0476. The minimum absolute atomic E-state index is 0.194. The first-order valence-electron chi connectivity index (χ1n) is 4.67. The van der Waals surface area contributed by atoms with Crippen molar-refractivity contribution in [3.63, 3.8) is 0 Å². The van der Waals surface area contributed by atoms with Crippen LogP contribution in [-0.2, 0) is 4.74 Å². The van der Waals surface area contributed by atoms with E-state index < -0.39 is 6.10 Å². The predicted octanol–water partition coefficient (Wildman–Crippen LogP) is 1.66. The summed E-state index contributed by atoms with van der Waals surface area (Å²) in [6.45, 7) is 11.1. The number of aliphatic hydroxyl groups excluding tert-OH is 1. The second-order valence-electron chi connectivity index (χ2n) is 4.23. The lowest BCUT2D eigenvalue weighted by Crippen LogP contribution is -2.34. The summed E-state index contributed by atoms with van der Waals surface area (Å²) in [5.41, 5.74) is -0.194. The van der Waals surface area contributed by atoms with E-state index in [1.165, 1.54) is 0 Å². The molecule has 14 heavy (non-hydrogen) atoms. The summed E-state index contributed by atoms with van der Waals surface area (Å²) in [6.07, 6.45) is -0.471. The van der Waals surface area contributed by atoms with Gasteiger partial charge in [-0.15, -0.1) is 0 Å². The smallest absolute Gasteiger partial charge is 0.0898 e. The van der Waals surface area contributed by atoms with Crippen LogP contribution in [0.25, 0.3) is 0 Å². The van der Waals surface area contributed by atoms with Crippen molar-refractivity contribution in [1.29, 1.82) is 0 Å². The SMILES string of the molecule is C=C(Br)CNCC(O)COC(C)(C)C. The van der Waals surface area contributed by atoms with Crippen LogP contribution >= 0.6 is 15.9 Å². The van der Waals surface area contributed by atoms with Crippen LogP contribution in [0.5, 0.6) is 0 Å². The lowest BCUT2D eigenvalue weighted by atomic mass is 10.2.